The molecule has 3 rings (SSSR count). The first-order valence-electron chi connectivity index (χ1n) is 7.57. The molecule has 23 heavy (non-hydrogen) atoms. The second-order valence-electron chi connectivity index (χ2n) is 5.56. The van der Waals surface area contributed by atoms with Crippen LogP contribution in [0.25, 0.3) is 5.69 Å². The fourth-order valence-electron chi connectivity index (χ4n) is 2.51. The number of nitrogens with zero attached hydrogens (tertiary/aromatic N) is 4. The van der Waals surface area contributed by atoms with Crippen LogP contribution in [-0.2, 0) is 23.1 Å². The van der Waals surface area contributed by atoms with Crippen molar-refractivity contribution in [3.8, 4) is 5.69 Å². The molecule has 1 atom stereocenters. The lowest BCUT2D eigenvalue weighted by Gasteiger charge is -2.07. The molecular formula is C17H20N4OS. The second kappa shape index (κ2) is 6.91. The summed E-state index contributed by atoms with van der Waals surface area (Å²) in [6.07, 6.45) is 3.63. The van der Waals surface area contributed by atoms with Crippen molar-refractivity contribution < 1.29 is 4.21 Å². The molecule has 0 bridgehead atoms. The molecular weight excluding hydrogens is 308 g/mol. The monoisotopic (exact) mass is 328 g/mol. The number of benzene rings is 1. The van der Waals surface area contributed by atoms with Crippen LogP contribution in [0.1, 0.15) is 17.0 Å². The van der Waals surface area contributed by atoms with Crippen LogP contribution in [0, 0.1) is 13.8 Å². The molecule has 0 fully saturated rings. The van der Waals surface area contributed by atoms with Crippen LogP contribution in [0.2, 0.25) is 0 Å². The van der Waals surface area contributed by atoms with Crippen LogP contribution in [-0.4, -0.2) is 29.5 Å². The summed E-state index contributed by atoms with van der Waals surface area (Å²) >= 11 is 0. The van der Waals surface area contributed by atoms with Crippen molar-refractivity contribution in [2.45, 2.75) is 26.1 Å². The molecule has 0 aliphatic carbocycles. The average Bonchev–Trinajstić information content (AvgIpc) is 3.15. The summed E-state index contributed by atoms with van der Waals surface area (Å²) < 4.78 is 15.9. The van der Waals surface area contributed by atoms with Crippen LogP contribution in [0.3, 0.4) is 0 Å². The van der Waals surface area contributed by atoms with Crippen molar-refractivity contribution in [1.29, 1.82) is 0 Å². The minimum atomic E-state index is -0.890. The van der Waals surface area contributed by atoms with Crippen LogP contribution < -0.4 is 0 Å². The molecule has 5 nitrogen and oxygen atoms in total. The molecule has 2 aromatic heterocycles. The number of aromatic nitrogens is 4. The molecule has 0 spiro atoms. The first-order chi connectivity index (χ1) is 11.1. The molecule has 120 valence electrons. The highest BCUT2D eigenvalue weighted by atomic mass is 32.2. The Labute approximate surface area is 138 Å². The Morgan fingerprint density at radius 3 is 2.57 bits per heavy atom. The lowest BCUT2D eigenvalue weighted by Crippen LogP contribution is -2.09. The van der Waals surface area contributed by atoms with E-state index in [9.17, 15) is 4.21 Å². The highest BCUT2D eigenvalue weighted by Gasteiger charge is 2.06. The van der Waals surface area contributed by atoms with Crippen LogP contribution >= 0.6 is 0 Å². The Morgan fingerprint density at radius 1 is 1.17 bits per heavy atom. The maximum Gasteiger partial charge on any atom is 0.0648 e. The van der Waals surface area contributed by atoms with Gasteiger partial charge >= 0.3 is 0 Å². The summed E-state index contributed by atoms with van der Waals surface area (Å²) in [7, 11) is -0.890. The average molecular weight is 328 g/mol. The topological polar surface area (TPSA) is 52.7 Å². The van der Waals surface area contributed by atoms with Gasteiger partial charge in [-0.25, -0.2) is 4.68 Å². The van der Waals surface area contributed by atoms with Gasteiger partial charge in [-0.2, -0.15) is 10.2 Å². The summed E-state index contributed by atoms with van der Waals surface area (Å²) in [4.78, 5) is 0. The maximum absolute atomic E-state index is 12.2. The van der Waals surface area contributed by atoms with Crippen molar-refractivity contribution >= 4 is 10.8 Å². The van der Waals surface area contributed by atoms with Crippen molar-refractivity contribution in [2.24, 2.45) is 0 Å². The Bertz CT molecular complexity index is 791. The predicted molar refractivity (Wildman–Crippen MR) is 92.0 cm³/mol. The van der Waals surface area contributed by atoms with Gasteiger partial charge in [-0.3, -0.25) is 8.89 Å². The molecule has 0 unspecified atom stereocenters. The van der Waals surface area contributed by atoms with E-state index in [4.69, 9.17) is 0 Å². The van der Waals surface area contributed by atoms with E-state index in [0.717, 1.165) is 22.6 Å². The molecule has 3 aromatic rings. The zero-order valence-electron chi connectivity index (χ0n) is 13.3. The lowest BCUT2D eigenvalue weighted by molar-refractivity contribution is 0.643. The molecule has 0 saturated heterocycles. The van der Waals surface area contributed by atoms with E-state index < -0.39 is 10.8 Å². The molecule has 0 saturated carbocycles. The van der Waals surface area contributed by atoms with Gasteiger partial charge in [-0.05, 0) is 43.7 Å². The number of hydrogen-bond acceptors (Lipinski definition) is 3. The predicted octanol–water partition coefficient (Wildman–Crippen LogP) is 2.63. The van der Waals surface area contributed by atoms with Gasteiger partial charge in [-0.1, -0.05) is 12.1 Å². The minimum absolute atomic E-state index is 0.568. The molecule has 2 heterocycles. The van der Waals surface area contributed by atoms with Gasteiger partial charge in [0.2, 0.25) is 0 Å². The summed E-state index contributed by atoms with van der Waals surface area (Å²) in [6, 6.07) is 12.0. The van der Waals surface area contributed by atoms with Gasteiger partial charge in [0.25, 0.3) is 0 Å². The first-order valence-corrected chi connectivity index (χ1v) is 9.05. The van der Waals surface area contributed by atoms with E-state index in [-0.39, 0.29) is 0 Å². The zero-order valence-corrected chi connectivity index (χ0v) is 14.2. The SMILES string of the molecule is Cc1cc(C)n(-c2ccc(C[S@@](=O)CCn3cccn3)cc2)n1. The third-order valence-corrected chi connectivity index (χ3v) is 4.92. The molecule has 0 amide bonds. The van der Waals surface area contributed by atoms with Crippen molar-refractivity contribution in [3.05, 3.63) is 65.7 Å². The van der Waals surface area contributed by atoms with Gasteiger partial charge < -0.3 is 0 Å². The maximum atomic E-state index is 12.2. The lowest BCUT2D eigenvalue weighted by atomic mass is 10.2. The Kier molecular flexibility index (Phi) is 4.71. The quantitative estimate of drug-likeness (QED) is 0.699. The van der Waals surface area contributed by atoms with Crippen LogP contribution in [0.4, 0.5) is 0 Å². The molecule has 0 aliphatic heterocycles. The van der Waals surface area contributed by atoms with E-state index in [1.807, 2.05) is 59.7 Å². The minimum Gasteiger partial charge on any atom is -0.272 e. The molecule has 0 radical (unpaired) electrons. The van der Waals surface area contributed by atoms with E-state index in [0.29, 0.717) is 18.1 Å². The molecule has 6 heteroatoms. The largest absolute Gasteiger partial charge is 0.272 e. The molecule has 0 aliphatic rings. The van der Waals surface area contributed by atoms with Gasteiger partial charge in [-0.15, -0.1) is 0 Å². The van der Waals surface area contributed by atoms with Crippen LogP contribution in [0.15, 0.2) is 48.8 Å². The summed E-state index contributed by atoms with van der Waals surface area (Å²) in [5.41, 5.74) is 4.22. The number of hydrogen-bond donors (Lipinski definition) is 0. The highest BCUT2D eigenvalue weighted by Crippen LogP contribution is 2.14. The Hall–Kier alpha value is -2.21. The smallest absolute Gasteiger partial charge is 0.0648 e. The zero-order chi connectivity index (χ0) is 16.2. The van der Waals surface area contributed by atoms with E-state index in [1.54, 1.807) is 6.20 Å². The normalized spacial score (nSPS) is 12.4. The summed E-state index contributed by atoms with van der Waals surface area (Å²) in [5, 5.41) is 8.60. The van der Waals surface area contributed by atoms with E-state index in [1.165, 1.54) is 0 Å². The van der Waals surface area contributed by atoms with E-state index >= 15 is 0 Å². The van der Waals surface area contributed by atoms with E-state index in [2.05, 4.69) is 16.3 Å². The Morgan fingerprint density at radius 2 is 1.96 bits per heavy atom. The van der Waals surface area contributed by atoms with Gasteiger partial charge in [0.05, 0.1) is 17.9 Å². The van der Waals surface area contributed by atoms with Crippen molar-refractivity contribution in [2.75, 3.05) is 5.75 Å². The first kappa shape index (κ1) is 15.7. The van der Waals surface area contributed by atoms with Crippen molar-refractivity contribution in [3.63, 3.8) is 0 Å². The standard InChI is InChI=1S/C17H20N4OS/c1-14-12-15(2)21(19-14)17-6-4-16(5-7-17)13-23(22)11-10-20-9-3-8-18-20/h3-9,12H,10-11,13H2,1-2H3/t23-/m0/s1. The highest BCUT2D eigenvalue weighted by molar-refractivity contribution is 7.84. The van der Waals surface area contributed by atoms with Crippen LogP contribution in [0.5, 0.6) is 0 Å². The molecule has 0 N–H and O–H groups in total. The van der Waals surface area contributed by atoms with Gasteiger partial charge in [0, 0.05) is 40.4 Å². The molecule has 1 aromatic carbocycles. The third kappa shape index (κ3) is 3.96. The fourth-order valence-corrected chi connectivity index (χ4v) is 3.61. The number of aryl methyl sites for hydroxylation is 3. The second-order valence-corrected chi connectivity index (χ2v) is 7.14. The number of rotatable bonds is 6. The third-order valence-electron chi connectivity index (χ3n) is 3.63. The van der Waals surface area contributed by atoms with Gasteiger partial charge in [0.1, 0.15) is 0 Å². The summed E-state index contributed by atoms with van der Waals surface area (Å²) in [6.45, 7) is 4.71. The Balaban J connectivity index is 1.61. The van der Waals surface area contributed by atoms with Gasteiger partial charge in [0.15, 0.2) is 0 Å². The van der Waals surface area contributed by atoms with Crippen molar-refractivity contribution in [1.82, 2.24) is 19.6 Å². The summed E-state index contributed by atoms with van der Waals surface area (Å²) in [5.74, 6) is 1.18. The fraction of sp³-hybridized carbons (Fsp3) is 0.294.